The fourth-order valence-corrected chi connectivity index (χ4v) is 2.66. The molecule has 2 unspecified atom stereocenters. The summed E-state index contributed by atoms with van der Waals surface area (Å²) in [6, 6.07) is 3.58. The van der Waals surface area contributed by atoms with Crippen molar-refractivity contribution in [2.24, 2.45) is 11.8 Å². The largest absolute Gasteiger partial charge is 0.493 e. The van der Waals surface area contributed by atoms with Crippen molar-refractivity contribution in [2.45, 2.75) is 19.9 Å². The number of halogens is 1. The monoisotopic (exact) mass is 358 g/mol. The molecule has 1 fully saturated rings. The Morgan fingerprint density at radius 2 is 1.67 bits per heavy atom. The zero-order valence-electron chi connectivity index (χ0n) is 14.8. The maximum absolute atomic E-state index is 12.4. The first-order valence-electron chi connectivity index (χ1n) is 7.82. The molecule has 2 atom stereocenters. The third kappa shape index (κ3) is 4.24. The van der Waals surface area contributed by atoms with E-state index >= 15 is 0 Å². The number of ether oxygens (including phenoxy) is 3. The number of hydrogen-bond donors (Lipinski definition) is 2. The Kier molecular flexibility index (Phi) is 7.63. The van der Waals surface area contributed by atoms with E-state index in [2.05, 4.69) is 10.6 Å². The molecule has 6 nitrogen and oxygen atoms in total. The van der Waals surface area contributed by atoms with Gasteiger partial charge in [-0.05, 0) is 43.6 Å². The molecule has 0 spiro atoms. The number of benzene rings is 1. The lowest BCUT2D eigenvalue weighted by Gasteiger charge is -2.32. The van der Waals surface area contributed by atoms with Gasteiger partial charge in [0.1, 0.15) is 0 Å². The molecule has 1 aliphatic heterocycles. The molecule has 1 aromatic rings. The molecule has 24 heavy (non-hydrogen) atoms. The summed E-state index contributed by atoms with van der Waals surface area (Å²) >= 11 is 0. The van der Waals surface area contributed by atoms with Gasteiger partial charge in [-0.25, -0.2) is 0 Å². The third-order valence-corrected chi connectivity index (χ3v) is 4.48. The highest BCUT2D eigenvalue weighted by molar-refractivity contribution is 5.85. The van der Waals surface area contributed by atoms with Crippen LogP contribution in [0.1, 0.15) is 25.5 Å². The van der Waals surface area contributed by atoms with Crippen molar-refractivity contribution in [1.29, 1.82) is 0 Å². The van der Waals surface area contributed by atoms with Crippen molar-refractivity contribution in [1.82, 2.24) is 10.6 Å². The Morgan fingerprint density at radius 1 is 1.12 bits per heavy atom. The van der Waals surface area contributed by atoms with Gasteiger partial charge in [0.05, 0.1) is 27.4 Å². The van der Waals surface area contributed by atoms with Crippen LogP contribution in [0.5, 0.6) is 17.2 Å². The van der Waals surface area contributed by atoms with Crippen LogP contribution >= 0.6 is 12.4 Å². The Bertz CT molecular complexity index is 539. The summed E-state index contributed by atoms with van der Waals surface area (Å²) in [5.74, 6) is 2.20. The summed E-state index contributed by atoms with van der Waals surface area (Å²) in [6.45, 7) is 5.74. The van der Waals surface area contributed by atoms with Gasteiger partial charge in [0, 0.05) is 5.92 Å². The molecule has 0 aliphatic carbocycles. The van der Waals surface area contributed by atoms with Gasteiger partial charge in [-0.1, -0.05) is 6.92 Å². The minimum Gasteiger partial charge on any atom is -0.493 e. The first-order valence-corrected chi connectivity index (χ1v) is 7.82. The van der Waals surface area contributed by atoms with E-state index in [9.17, 15) is 4.79 Å². The van der Waals surface area contributed by atoms with Crippen molar-refractivity contribution in [3.63, 3.8) is 0 Å². The predicted octanol–water partition coefficient (Wildman–Crippen LogP) is 2.17. The molecule has 1 amide bonds. The average Bonchev–Trinajstić information content (AvgIpc) is 2.51. The number of methoxy groups -OCH3 is 3. The summed E-state index contributed by atoms with van der Waals surface area (Å²) in [5, 5.41) is 6.26. The molecule has 1 aliphatic rings. The Morgan fingerprint density at radius 3 is 2.04 bits per heavy atom. The van der Waals surface area contributed by atoms with E-state index in [4.69, 9.17) is 14.2 Å². The molecule has 1 heterocycles. The molecule has 2 rings (SSSR count). The van der Waals surface area contributed by atoms with Crippen LogP contribution in [0.4, 0.5) is 0 Å². The van der Waals surface area contributed by atoms with E-state index in [0.29, 0.717) is 23.2 Å². The van der Waals surface area contributed by atoms with Gasteiger partial charge >= 0.3 is 0 Å². The van der Waals surface area contributed by atoms with Crippen LogP contribution in [0.15, 0.2) is 12.1 Å². The summed E-state index contributed by atoms with van der Waals surface area (Å²) in [7, 11) is 4.73. The highest BCUT2D eigenvalue weighted by atomic mass is 35.5. The fourth-order valence-electron chi connectivity index (χ4n) is 2.66. The van der Waals surface area contributed by atoms with E-state index in [1.807, 2.05) is 26.0 Å². The van der Waals surface area contributed by atoms with Gasteiger partial charge in [0.25, 0.3) is 0 Å². The number of amides is 1. The summed E-state index contributed by atoms with van der Waals surface area (Å²) in [6.07, 6.45) is 0. The Balaban J connectivity index is 0.00000288. The lowest BCUT2D eigenvalue weighted by atomic mass is 9.88. The first-order chi connectivity index (χ1) is 11.0. The number of carbonyl (C=O) groups excluding carboxylic acids is 1. The van der Waals surface area contributed by atoms with Crippen molar-refractivity contribution in [3.05, 3.63) is 17.7 Å². The average molecular weight is 359 g/mol. The third-order valence-electron chi connectivity index (χ3n) is 4.48. The topological polar surface area (TPSA) is 68.8 Å². The lowest BCUT2D eigenvalue weighted by Crippen LogP contribution is -2.49. The van der Waals surface area contributed by atoms with Crippen LogP contribution in [0.2, 0.25) is 0 Å². The van der Waals surface area contributed by atoms with Crippen LogP contribution in [-0.2, 0) is 4.79 Å². The van der Waals surface area contributed by atoms with Crippen molar-refractivity contribution < 1.29 is 19.0 Å². The van der Waals surface area contributed by atoms with Gasteiger partial charge in [0.15, 0.2) is 11.5 Å². The minimum absolute atomic E-state index is 0. The first kappa shape index (κ1) is 20.4. The molecular formula is C17H27ClN2O4. The molecule has 0 bridgehead atoms. The van der Waals surface area contributed by atoms with E-state index in [1.165, 1.54) is 0 Å². The normalized spacial score (nSPS) is 16.2. The minimum atomic E-state index is -0.147. The molecule has 1 saturated heterocycles. The smallest absolute Gasteiger partial charge is 0.223 e. The predicted molar refractivity (Wildman–Crippen MR) is 95.4 cm³/mol. The molecular weight excluding hydrogens is 332 g/mol. The summed E-state index contributed by atoms with van der Waals surface area (Å²) < 4.78 is 16.0. The second-order valence-corrected chi connectivity index (χ2v) is 5.90. The van der Waals surface area contributed by atoms with E-state index in [0.717, 1.165) is 18.7 Å². The molecule has 0 radical (unpaired) electrons. The molecule has 1 aromatic carbocycles. The Hall–Kier alpha value is -1.66. The zero-order chi connectivity index (χ0) is 17.0. The number of rotatable bonds is 7. The SMILES string of the molecule is COc1cc(C(C)NC(=O)C(C)C2CNC2)cc(OC)c1OC.Cl. The highest BCUT2D eigenvalue weighted by Gasteiger charge is 2.29. The molecule has 2 N–H and O–H groups in total. The van der Waals surface area contributed by atoms with Crippen molar-refractivity contribution in [2.75, 3.05) is 34.4 Å². The van der Waals surface area contributed by atoms with Crippen molar-refractivity contribution in [3.8, 4) is 17.2 Å². The molecule has 136 valence electrons. The number of carbonyl (C=O) groups is 1. The second kappa shape index (κ2) is 8.99. The maximum Gasteiger partial charge on any atom is 0.223 e. The second-order valence-electron chi connectivity index (χ2n) is 5.90. The van der Waals surface area contributed by atoms with Crippen LogP contribution in [0, 0.1) is 11.8 Å². The standard InChI is InChI=1S/C17H26N2O4.ClH/c1-10(13-8-18-9-13)17(20)19-11(2)12-6-14(21-3)16(23-5)15(7-12)22-4;/h6-7,10-11,13,18H,8-9H2,1-5H3,(H,19,20);1H. The fraction of sp³-hybridized carbons (Fsp3) is 0.588. The van der Waals surface area contributed by atoms with Crippen LogP contribution in [0.25, 0.3) is 0 Å². The molecule has 7 heteroatoms. The van der Waals surface area contributed by atoms with Gasteiger partial charge < -0.3 is 24.8 Å². The number of hydrogen-bond acceptors (Lipinski definition) is 5. The summed E-state index contributed by atoms with van der Waals surface area (Å²) in [4.78, 5) is 12.4. The molecule has 0 saturated carbocycles. The van der Waals surface area contributed by atoms with E-state index in [1.54, 1.807) is 21.3 Å². The lowest BCUT2D eigenvalue weighted by molar-refractivity contribution is -0.127. The highest BCUT2D eigenvalue weighted by Crippen LogP contribution is 2.39. The summed E-state index contributed by atoms with van der Waals surface area (Å²) in [5.41, 5.74) is 0.909. The van der Waals surface area contributed by atoms with Gasteiger partial charge in [-0.15, -0.1) is 12.4 Å². The van der Waals surface area contributed by atoms with Crippen LogP contribution < -0.4 is 24.8 Å². The van der Waals surface area contributed by atoms with E-state index < -0.39 is 0 Å². The number of nitrogens with one attached hydrogen (secondary N) is 2. The van der Waals surface area contributed by atoms with Crippen LogP contribution in [0.3, 0.4) is 0 Å². The van der Waals surface area contributed by atoms with Gasteiger partial charge in [-0.3, -0.25) is 4.79 Å². The van der Waals surface area contributed by atoms with Gasteiger partial charge in [0.2, 0.25) is 11.7 Å². The zero-order valence-corrected chi connectivity index (χ0v) is 15.7. The van der Waals surface area contributed by atoms with Gasteiger partial charge in [-0.2, -0.15) is 0 Å². The quantitative estimate of drug-likeness (QED) is 0.781. The van der Waals surface area contributed by atoms with Crippen LogP contribution in [-0.4, -0.2) is 40.3 Å². The maximum atomic E-state index is 12.4. The molecule has 0 aromatic heterocycles. The Labute approximate surface area is 149 Å². The van der Waals surface area contributed by atoms with E-state index in [-0.39, 0.29) is 30.3 Å². The van der Waals surface area contributed by atoms with Crippen molar-refractivity contribution >= 4 is 18.3 Å².